The van der Waals surface area contributed by atoms with Crippen LogP contribution in [0.4, 0.5) is 0 Å². The van der Waals surface area contributed by atoms with Crippen LogP contribution in [0.2, 0.25) is 0 Å². The van der Waals surface area contributed by atoms with E-state index < -0.39 is 16.2 Å². The van der Waals surface area contributed by atoms with Crippen molar-refractivity contribution in [3.63, 3.8) is 0 Å². The van der Waals surface area contributed by atoms with Gasteiger partial charge in [-0.3, -0.25) is 0 Å². The van der Waals surface area contributed by atoms with E-state index in [4.69, 9.17) is 25.0 Å². The minimum absolute atomic E-state index is 0.0380. The van der Waals surface area contributed by atoms with Crippen molar-refractivity contribution in [2.45, 2.75) is 58.5 Å². The van der Waals surface area contributed by atoms with Gasteiger partial charge in [0.05, 0.1) is 0 Å². The molecule has 4 N–H and O–H groups in total. The van der Waals surface area contributed by atoms with E-state index >= 15 is 0 Å². The van der Waals surface area contributed by atoms with E-state index in [1.54, 1.807) is 79.7 Å². The smallest absolute Gasteiger partial charge is 0.339 e. The lowest BCUT2D eigenvalue weighted by Gasteiger charge is -2.17. The molecule has 4 aromatic rings. The number of para-hydroxylation sites is 3. The zero-order chi connectivity index (χ0) is 34.8. The minimum atomic E-state index is -4.07. The van der Waals surface area contributed by atoms with Crippen LogP contribution in [0.3, 0.4) is 0 Å². The Labute approximate surface area is 273 Å². The highest BCUT2D eigenvalue weighted by atomic mass is 32.2. The van der Waals surface area contributed by atoms with Crippen molar-refractivity contribution in [2.75, 3.05) is 6.61 Å². The molecule has 10 heteroatoms. The molecule has 0 bridgehead atoms. The number of aliphatic hydroxyl groups is 2. The molecule has 248 valence electrons. The van der Waals surface area contributed by atoms with E-state index in [-0.39, 0.29) is 23.0 Å². The molecule has 5 rings (SSSR count). The van der Waals surface area contributed by atoms with Crippen LogP contribution in [0, 0.1) is 0 Å². The van der Waals surface area contributed by atoms with Crippen molar-refractivity contribution in [1.82, 2.24) is 0 Å². The first-order chi connectivity index (χ1) is 22.1. The van der Waals surface area contributed by atoms with Crippen molar-refractivity contribution >= 4 is 21.9 Å². The number of fused-ring (bicyclic) bond motifs is 1. The molecule has 46 heavy (non-hydrogen) atoms. The highest BCUT2D eigenvalue weighted by Gasteiger charge is 2.31. The number of aromatic hydroxyl groups is 2. The lowest BCUT2D eigenvalue weighted by molar-refractivity contribution is -0.0188. The number of aliphatic hydroxyl groups excluding tert-OH is 2. The molecule has 1 aliphatic carbocycles. The number of nitrogens with zero attached hydrogens (tertiary/aromatic N) is 2. The molecule has 0 spiro atoms. The van der Waals surface area contributed by atoms with Crippen LogP contribution in [0.1, 0.15) is 64.7 Å². The molecule has 0 radical (unpaired) electrons. The second-order valence-electron chi connectivity index (χ2n) is 9.27. The molecule has 0 fully saturated rings. The van der Waals surface area contributed by atoms with Crippen LogP contribution in [0.25, 0.3) is 11.6 Å². The van der Waals surface area contributed by atoms with Gasteiger partial charge in [0.15, 0.2) is 6.10 Å². The molecule has 4 aromatic carbocycles. The van der Waals surface area contributed by atoms with E-state index in [1.807, 2.05) is 12.1 Å². The van der Waals surface area contributed by atoms with Gasteiger partial charge in [-0.2, -0.15) is 13.2 Å². The Morgan fingerprint density at radius 2 is 1.11 bits per heavy atom. The maximum atomic E-state index is 12.5. The number of hydrogen-bond acceptors (Lipinski definition) is 7. The summed E-state index contributed by atoms with van der Waals surface area (Å²) in [6.07, 6.45) is 4.12. The van der Waals surface area contributed by atoms with Gasteiger partial charge in [0, 0.05) is 23.8 Å². The molecule has 0 heterocycles. The van der Waals surface area contributed by atoms with E-state index in [2.05, 4.69) is 32.5 Å². The Morgan fingerprint density at radius 1 is 0.696 bits per heavy atom. The van der Waals surface area contributed by atoms with Crippen LogP contribution in [0.15, 0.2) is 120 Å². The molecule has 0 aliphatic heterocycles. The van der Waals surface area contributed by atoms with Gasteiger partial charge in [-0.05, 0) is 55.5 Å². The standard InChI is InChI=1S/C16H12N2O4S.2C6H6O.2C3H8.C2H6O/c17-18-14-10-9-12-13(16(14)19)7-4-8-15(12)23(20,21)22-11-5-2-1-3-6-11;2*7-6-4-2-1-3-5-6;2*1-3-2;1-2-3/h1-10,16,19H;2*1-5,7H;2*3H2,1-2H3;3H,2H2,1H3. The Morgan fingerprint density at radius 3 is 1.48 bits per heavy atom. The van der Waals surface area contributed by atoms with Crippen molar-refractivity contribution in [3.8, 4) is 17.2 Å². The summed E-state index contributed by atoms with van der Waals surface area (Å²) < 4.78 is 30.1. The van der Waals surface area contributed by atoms with Crippen LogP contribution in [0.5, 0.6) is 17.2 Å². The number of hydrogen-bond donors (Lipinski definition) is 4. The van der Waals surface area contributed by atoms with Crippen LogP contribution in [-0.2, 0) is 10.1 Å². The molecule has 0 aromatic heterocycles. The maximum absolute atomic E-state index is 12.5. The molecule has 1 unspecified atom stereocenters. The molecule has 1 aliphatic rings. The predicted molar refractivity (Wildman–Crippen MR) is 184 cm³/mol. The first-order valence-corrected chi connectivity index (χ1v) is 16.3. The zero-order valence-corrected chi connectivity index (χ0v) is 27.9. The van der Waals surface area contributed by atoms with Gasteiger partial charge in [-0.1, -0.05) is 107 Å². The van der Waals surface area contributed by atoms with Gasteiger partial charge < -0.3 is 30.1 Å². The van der Waals surface area contributed by atoms with Gasteiger partial charge in [-0.15, -0.1) is 0 Å². The van der Waals surface area contributed by atoms with Gasteiger partial charge in [-0.25, -0.2) is 0 Å². The first kappa shape index (κ1) is 41.3. The molecule has 0 saturated heterocycles. The number of benzene rings is 4. The first-order valence-electron chi connectivity index (χ1n) is 14.9. The van der Waals surface area contributed by atoms with E-state index in [0.717, 1.165) is 0 Å². The summed E-state index contributed by atoms with van der Waals surface area (Å²) in [7, 11) is -4.07. The van der Waals surface area contributed by atoms with E-state index in [1.165, 1.54) is 49.3 Å². The fraction of sp³-hybridized carbons (Fsp3) is 0.250. The number of phenolic OH excluding ortho intramolecular Hbond substituents is 2. The van der Waals surface area contributed by atoms with Crippen molar-refractivity contribution in [1.29, 1.82) is 0 Å². The SMILES string of the molecule is CCC.CCC.CCO.Oc1ccccc1.Oc1ccccc1.[N-]=[N+]=C1C=Cc2c(cccc2S(=O)(=O)Oc2ccccc2)C1O. The summed E-state index contributed by atoms with van der Waals surface area (Å²) in [4.78, 5) is 2.92. The van der Waals surface area contributed by atoms with Crippen molar-refractivity contribution < 1.29 is 37.8 Å². The average molecular weight is 651 g/mol. The molecular formula is C36H46N2O7S. The van der Waals surface area contributed by atoms with Crippen LogP contribution >= 0.6 is 0 Å². The third kappa shape index (κ3) is 16.4. The maximum Gasteiger partial charge on any atom is 0.339 e. The summed E-state index contributed by atoms with van der Waals surface area (Å²) in [6, 6.07) is 30.0. The van der Waals surface area contributed by atoms with Crippen LogP contribution in [-0.4, -0.2) is 46.0 Å². The third-order valence-electron chi connectivity index (χ3n) is 4.94. The van der Waals surface area contributed by atoms with Crippen molar-refractivity contribution in [3.05, 3.63) is 132 Å². The molecule has 0 amide bonds. The van der Waals surface area contributed by atoms with E-state index in [0.29, 0.717) is 22.6 Å². The topological polar surface area (TPSA) is 161 Å². The van der Waals surface area contributed by atoms with Crippen LogP contribution < -0.4 is 4.18 Å². The quantitative estimate of drug-likeness (QED) is 0.0999. The predicted octanol–water partition coefficient (Wildman–Crippen LogP) is 7.80. The second kappa shape index (κ2) is 24.6. The lowest BCUT2D eigenvalue weighted by atomic mass is 9.93. The van der Waals surface area contributed by atoms with Gasteiger partial charge in [0.2, 0.25) is 0 Å². The molecular weight excluding hydrogens is 604 g/mol. The minimum Gasteiger partial charge on any atom is -0.508 e. The molecule has 0 saturated carbocycles. The highest BCUT2D eigenvalue weighted by molar-refractivity contribution is 7.87. The second-order valence-corrected chi connectivity index (χ2v) is 10.8. The van der Waals surface area contributed by atoms with E-state index in [9.17, 15) is 13.5 Å². The summed E-state index contributed by atoms with van der Waals surface area (Å²) in [5.74, 6) is 0.841. The fourth-order valence-corrected chi connectivity index (χ4v) is 4.36. The summed E-state index contributed by atoms with van der Waals surface area (Å²) in [6.45, 7) is 10.4. The summed E-state index contributed by atoms with van der Waals surface area (Å²) in [5, 5.41) is 35.0. The Hall–Kier alpha value is -4.73. The van der Waals surface area contributed by atoms with Gasteiger partial charge in [0.25, 0.3) is 0 Å². The Balaban J connectivity index is 0.000000713. The largest absolute Gasteiger partial charge is 0.508 e. The summed E-state index contributed by atoms with van der Waals surface area (Å²) >= 11 is 0. The molecule has 1 atom stereocenters. The average Bonchev–Trinajstić information content (AvgIpc) is 3.04. The summed E-state index contributed by atoms with van der Waals surface area (Å²) in [5.41, 5.74) is 9.52. The normalized spacial score (nSPS) is 12.1. The monoisotopic (exact) mass is 650 g/mol. The van der Waals surface area contributed by atoms with Gasteiger partial charge in [0.1, 0.15) is 22.1 Å². The van der Waals surface area contributed by atoms with Crippen molar-refractivity contribution in [2.24, 2.45) is 0 Å². The fourth-order valence-electron chi connectivity index (χ4n) is 3.21. The van der Waals surface area contributed by atoms with Gasteiger partial charge >= 0.3 is 15.8 Å². The number of rotatable bonds is 3. The third-order valence-corrected chi connectivity index (χ3v) is 6.25. The highest BCUT2D eigenvalue weighted by Crippen LogP contribution is 2.31. The lowest BCUT2D eigenvalue weighted by Crippen LogP contribution is -2.19. The molecule has 9 nitrogen and oxygen atoms in total. The number of phenols is 2. The Kier molecular flexibility index (Phi) is 22.0. The zero-order valence-electron chi connectivity index (χ0n) is 27.1. The Bertz CT molecular complexity index is 1500.